The van der Waals surface area contributed by atoms with E-state index in [4.69, 9.17) is 0 Å². The van der Waals surface area contributed by atoms with Crippen molar-refractivity contribution in [2.24, 2.45) is 21.7 Å². The van der Waals surface area contributed by atoms with E-state index in [-0.39, 0.29) is 18.4 Å². The molecule has 1 aliphatic heterocycles. The third kappa shape index (κ3) is 4.95. The molecule has 1 aliphatic carbocycles. The molecule has 0 aromatic heterocycles. The Morgan fingerprint density at radius 1 is 1.00 bits per heavy atom. The SMILES string of the molecule is C=CC(C)(Cc1cccc(-c2ccc(C3=NCC(C)(C(F)(F)F)C3)cc2)c1)C1CCCCC1. The van der Waals surface area contributed by atoms with Crippen molar-refractivity contribution in [1.82, 2.24) is 0 Å². The Morgan fingerprint density at radius 2 is 1.67 bits per heavy atom. The van der Waals surface area contributed by atoms with E-state index in [1.54, 1.807) is 0 Å². The van der Waals surface area contributed by atoms with E-state index in [1.165, 1.54) is 44.6 Å². The van der Waals surface area contributed by atoms with E-state index >= 15 is 0 Å². The van der Waals surface area contributed by atoms with Crippen molar-refractivity contribution >= 4 is 5.71 Å². The van der Waals surface area contributed by atoms with E-state index in [2.05, 4.69) is 48.8 Å². The summed E-state index contributed by atoms with van der Waals surface area (Å²) < 4.78 is 40.0. The van der Waals surface area contributed by atoms with Gasteiger partial charge in [-0.1, -0.05) is 80.8 Å². The largest absolute Gasteiger partial charge is 0.396 e. The van der Waals surface area contributed by atoms with Crippen LogP contribution >= 0.6 is 0 Å². The van der Waals surface area contributed by atoms with Crippen molar-refractivity contribution in [2.75, 3.05) is 6.54 Å². The molecular formula is C29H34F3N. The summed E-state index contributed by atoms with van der Waals surface area (Å²) in [5.74, 6) is 0.682. The highest BCUT2D eigenvalue weighted by Crippen LogP contribution is 2.45. The van der Waals surface area contributed by atoms with Crippen LogP contribution in [0, 0.1) is 16.7 Å². The monoisotopic (exact) mass is 453 g/mol. The molecule has 0 N–H and O–H groups in total. The van der Waals surface area contributed by atoms with Gasteiger partial charge in [0.25, 0.3) is 0 Å². The molecule has 176 valence electrons. The lowest BCUT2D eigenvalue weighted by atomic mass is 9.67. The second-order valence-electron chi connectivity index (χ2n) is 10.5. The minimum absolute atomic E-state index is 0.0629. The number of allylic oxidation sites excluding steroid dienone is 1. The first-order valence-electron chi connectivity index (χ1n) is 12.1. The third-order valence-corrected chi connectivity index (χ3v) is 7.93. The van der Waals surface area contributed by atoms with E-state index in [9.17, 15) is 13.2 Å². The van der Waals surface area contributed by atoms with Crippen molar-refractivity contribution in [3.63, 3.8) is 0 Å². The van der Waals surface area contributed by atoms with Crippen LogP contribution in [0.2, 0.25) is 0 Å². The first-order chi connectivity index (χ1) is 15.6. The molecule has 0 bridgehead atoms. The number of hydrogen-bond donors (Lipinski definition) is 0. The minimum Gasteiger partial charge on any atom is -0.288 e. The summed E-state index contributed by atoms with van der Waals surface area (Å²) >= 11 is 0. The normalized spacial score (nSPS) is 23.7. The van der Waals surface area contributed by atoms with Crippen molar-refractivity contribution in [2.45, 2.75) is 65.0 Å². The van der Waals surface area contributed by atoms with Gasteiger partial charge in [0.15, 0.2) is 0 Å². The predicted octanol–water partition coefficient (Wildman–Crippen LogP) is 8.43. The molecule has 1 saturated carbocycles. The molecule has 4 heteroatoms. The maximum Gasteiger partial charge on any atom is 0.396 e. The number of alkyl halides is 3. The molecule has 4 rings (SSSR count). The summed E-state index contributed by atoms with van der Waals surface area (Å²) in [6.07, 6.45) is 5.35. The van der Waals surface area contributed by atoms with Gasteiger partial charge in [-0.25, -0.2) is 0 Å². The topological polar surface area (TPSA) is 12.4 Å². The molecule has 2 atom stereocenters. The summed E-state index contributed by atoms with van der Waals surface area (Å²) in [5.41, 5.74) is 3.15. The minimum atomic E-state index is -4.24. The lowest BCUT2D eigenvalue weighted by Crippen LogP contribution is -2.36. The fraction of sp³-hybridized carbons (Fsp3) is 0.483. The second-order valence-corrected chi connectivity index (χ2v) is 10.5. The Hall–Kier alpha value is -2.36. The van der Waals surface area contributed by atoms with Gasteiger partial charge in [-0.05, 0) is 59.8 Å². The van der Waals surface area contributed by atoms with Gasteiger partial charge in [-0.15, -0.1) is 6.58 Å². The van der Waals surface area contributed by atoms with E-state index in [0.717, 1.165) is 23.1 Å². The molecule has 33 heavy (non-hydrogen) atoms. The predicted molar refractivity (Wildman–Crippen MR) is 131 cm³/mol. The van der Waals surface area contributed by atoms with Gasteiger partial charge in [0, 0.05) is 12.1 Å². The fourth-order valence-corrected chi connectivity index (χ4v) is 5.44. The summed E-state index contributed by atoms with van der Waals surface area (Å²) in [4.78, 5) is 4.22. The van der Waals surface area contributed by atoms with Crippen molar-refractivity contribution in [3.8, 4) is 11.1 Å². The summed E-state index contributed by atoms with van der Waals surface area (Å²) in [6, 6.07) is 16.4. The number of rotatable bonds is 6. The third-order valence-electron chi connectivity index (χ3n) is 7.93. The molecular weight excluding hydrogens is 419 g/mol. The van der Waals surface area contributed by atoms with E-state index in [1.807, 2.05) is 24.3 Å². The number of hydrogen-bond acceptors (Lipinski definition) is 1. The molecule has 0 radical (unpaired) electrons. The quantitative estimate of drug-likeness (QED) is 0.389. The standard InChI is InChI=1S/C29H34F3N/c1-4-27(2,25-11-6-5-7-12-25)18-21-9-8-10-24(17-21)22-13-15-23(16-14-22)26-19-28(3,20-33-26)29(30,31)32/h4,8-10,13-17,25H,1,5-7,11-12,18-20H2,2-3H3. The molecule has 1 fully saturated rings. The zero-order valence-corrected chi connectivity index (χ0v) is 19.7. The average molecular weight is 454 g/mol. The van der Waals surface area contributed by atoms with Gasteiger partial charge in [0.2, 0.25) is 0 Å². The number of benzene rings is 2. The van der Waals surface area contributed by atoms with Gasteiger partial charge in [0.05, 0.1) is 12.0 Å². The molecule has 1 heterocycles. The second kappa shape index (κ2) is 9.12. The van der Waals surface area contributed by atoms with Gasteiger partial charge in [-0.3, -0.25) is 4.99 Å². The Bertz CT molecular complexity index is 1010. The molecule has 2 aliphatic rings. The van der Waals surface area contributed by atoms with Gasteiger partial charge >= 0.3 is 6.18 Å². The molecule has 1 nitrogen and oxygen atoms in total. The molecule has 2 aromatic carbocycles. The zero-order chi connectivity index (χ0) is 23.7. The Morgan fingerprint density at radius 3 is 2.27 bits per heavy atom. The van der Waals surface area contributed by atoms with Crippen LogP contribution in [-0.2, 0) is 6.42 Å². The first-order valence-corrected chi connectivity index (χ1v) is 12.1. The maximum atomic E-state index is 13.3. The van der Waals surface area contributed by atoms with Crippen LogP contribution < -0.4 is 0 Å². The Balaban J connectivity index is 1.49. The zero-order valence-electron chi connectivity index (χ0n) is 19.7. The molecule has 0 spiro atoms. The van der Waals surface area contributed by atoms with Crippen LogP contribution in [0.5, 0.6) is 0 Å². The van der Waals surface area contributed by atoms with E-state index < -0.39 is 11.6 Å². The summed E-state index contributed by atoms with van der Waals surface area (Å²) in [6.45, 7) is 7.58. The summed E-state index contributed by atoms with van der Waals surface area (Å²) in [5, 5.41) is 0. The molecule has 2 unspecified atom stereocenters. The smallest absolute Gasteiger partial charge is 0.288 e. The van der Waals surface area contributed by atoms with Crippen LogP contribution in [0.25, 0.3) is 11.1 Å². The first kappa shape index (κ1) is 23.8. The van der Waals surface area contributed by atoms with Crippen molar-refractivity contribution in [3.05, 3.63) is 72.3 Å². The van der Waals surface area contributed by atoms with Crippen LogP contribution in [0.3, 0.4) is 0 Å². The van der Waals surface area contributed by atoms with Crippen LogP contribution in [-0.4, -0.2) is 18.4 Å². The van der Waals surface area contributed by atoms with Crippen molar-refractivity contribution in [1.29, 1.82) is 0 Å². The number of nitrogens with zero attached hydrogens (tertiary/aromatic N) is 1. The molecule has 0 saturated heterocycles. The van der Waals surface area contributed by atoms with E-state index in [0.29, 0.717) is 11.6 Å². The van der Waals surface area contributed by atoms with Gasteiger partial charge in [-0.2, -0.15) is 13.2 Å². The van der Waals surface area contributed by atoms with Crippen LogP contribution in [0.15, 0.2) is 66.2 Å². The van der Waals surface area contributed by atoms with Crippen LogP contribution in [0.4, 0.5) is 13.2 Å². The lowest BCUT2D eigenvalue weighted by molar-refractivity contribution is -0.209. The van der Waals surface area contributed by atoms with Crippen molar-refractivity contribution < 1.29 is 13.2 Å². The average Bonchev–Trinajstić information content (AvgIpc) is 3.23. The van der Waals surface area contributed by atoms with Gasteiger partial charge in [0.1, 0.15) is 0 Å². The highest BCUT2D eigenvalue weighted by Gasteiger charge is 2.53. The Labute approximate surface area is 195 Å². The highest BCUT2D eigenvalue weighted by molar-refractivity contribution is 6.02. The summed E-state index contributed by atoms with van der Waals surface area (Å²) in [7, 11) is 0. The van der Waals surface area contributed by atoms with Crippen LogP contribution in [0.1, 0.15) is 63.5 Å². The lowest BCUT2D eigenvalue weighted by Gasteiger charge is -2.38. The highest BCUT2D eigenvalue weighted by atomic mass is 19.4. The van der Waals surface area contributed by atoms with Gasteiger partial charge < -0.3 is 0 Å². The maximum absolute atomic E-state index is 13.3. The fourth-order valence-electron chi connectivity index (χ4n) is 5.44. The number of aliphatic imine (C=N–C) groups is 1. The number of halogens is 3. The Kier molecular flexibility index (Phi) is 6.57. The molecule has 0 amide bonds. The molecule has 2 aromatic rings.